The zero-order valence-corrected chi connectivity index (χ0v) is 10.9. The number of nitrogens with zero attached hydrogens (tertiary/aromatic N) is 1. The Kier molecular flexibility index (Phi) is 6.15. The van der Waals surface area contributed by atoms with E-state index in [1.54, 1.807) is 13.3 Å². The van der Waals surface area contributed by atoms with Gasteiger partial charge in [0.05, 0.1) is 12.9 Å². The summed E-state index contributed by atoms with van der Waals surface area (Å²) in [5.74, 6) is 0.199. The minimum atomic E-state index is -2.28. The molecule has 4 nitrogen and oxygen atoms in total. The van der Waals surface area contributed by atoms with E-state index < -0.39 is 7.14 Å². The van der Waals surface area contributed by atoms with Gasteiger partial charge in [0.1, 0.15) is 7.14 Å². The lowest BCUT2D eigenvalue weighted by Gasteiger charge is -2.24. The van der Waals surface area contributed by atoms with Crippen molar-refractivity contribution in [3.05, 3.63) is 0 Å². The van der Waals surface area contributed by atoms with E-state index in [4.69, 9.17) is 0 Å². The van der Waals surface area contributed by atoms with Gasteiger partial charge in [-0.1, -0.05) is 13.8 Å². The van der Waals surface area contributed by atoms with Crippen LogP contribution >= 0.6 is 7.14 Å². The number of carbonyl (C=O) groups is 1. The van der Waals surface area contributed by atoms with E-state index in [1.165, 1.54) is 4.90 Å². The molecule has 0 N–H and O–H groups in total. The molecule has 0 aliphatic carbocycles. The minimum Gasteiger partial charge on any atom is -0.333 e. The molecule has 0 atom stereocenters. The average Bonchev–Trinajstić information content (AvgIpc) is 1.99. The molecule has 0 aromatic heterocycles. The fraction of sp³-hybridized carbons (Fsp3) is 0.900. The fourth-order valence-electron chi connectivity index (χ4n) is 1.27. The highest BCUT2D eigenvalue weighted by Crippen LogP contribution is 2.36. The summed E-state index contributed by atoms with van der Waals surface area (Å²) < 4.78 is 11.6. The second-order valence-electron chi connectivity index (χ2n) is 4.67. The lowest BCUT2D eigenvalue weighted by molar-refractivity contribution is -0.131. The van der Waals surface area contributed by atoms with Crippen molar-refractivity contribution in [1.82, 2.24) is 4.90 Å². The van der Waals surface area contributed by atoms with Gasteiger partial charge in [-0.15, -0.1) is 0 Å². The van der Waals surface area contributed by atoms with Gasteiger partial charge in [-0.25, -0.2) is 5.11 Å². The molecule has 15 heavy (non-hydrogen) atoms. The highest BCUT2D eigenvalue weighted by atomic mass is 31.2. The molecule has 0 aliphatic rings. The van der Waals surface area contributed by atoms with Crippen LogP contribution in [0.1, 0.15) is 20.3 Å². The molecule has 5 heteroatoms. The van der Waals surface area contributed by atoms with Gasteiger partial charge in [-0.05, 0) is 19.2 Å². The van der Waals surface area contributed by atoms with Crippen LogP contribution in [0.3, 0.4) is 0 Å². The number of hydrogen-bond donors (Lipinski definition) is 0. The molecule has 0 aromatic carbocycles. The first kappa shape index (κ1) is 14.7. The Morgan fingerprint density at radius 3 is 2.20 bits per heavy atom. The molecule has 0 fully saturated rings. The van der Waals surface area contributed by atoms with Crippen LogP contribution in [0, 0.1) is 5.92 Å². The number of carbonyl (C=O) groups excluding carboxylic acids is 1. The summed E-state index contributed by atoms with van der Waals surface area (Å²) in [6.07, 6.45) is 0.640. The van der Waals surface area contributed by atoms with Crippen LogP contribution in [0.15, 0.2) is 0 Å². The average molecular weight is 234 g/mol. The number of rotatable bonds is 6. The Morgan fingerprint density at radius 1 is 1.33 bits per heavy atom. The molecule has 0 saturated heterocycles. The molecular formula is C10H21NO3P. The normalized spacial score (nSPS) is 11.9. The monoisotopic (exact) mass is 234 g/mol. The first-order chi connectivity index (χ1) is 6.76. The van der Waals surface area contributed by atoms with Crippen molar-refractivity contribution in [3.8, 4) is 0 Å². The molecule has 1 amide bonds. The Morgan fingerprint density at radius 2 is 1.87 bits per heavy atom. The van der Waals surface area contributed by atoms with Gasteiger partial charge in [0.25, 0.3) is 0 Å². The molecule has 1 radical (unpaired) electrons. The van der Waals surface area contributed by atoms with Gasteiger partial charge < -0.3 is 9.46 Å². The molecule has 0 aliphatic heterocycles. The second kappa shape index (κ2) is 6.29. The van der Waals surface area contributed by atoms with Crippen molar-refractivity contribution in [1.29, 1.82) is 0 Å². The molecule has 0 spiro atoms. The van der Waals surface area contributed by atoms with E-state index in [1.807, 2.05) is 13.8 Å². The third kappa shape index (κ3) is 7.57. The molecule has 0 heterocycles. The van der Waals surface area contributed by atoms with E-state index in [0.29, 0.717) is 6.42 Å². The highest BCUT2D eigenvalue weighted by molar-refractivity contribution is 7.62. The first-order valence-electron chi connectivity index (χ1n) is 5.16. The van der Waals surface area contributed by atoms with Gasteiger partial charge in [0.2, 0.25) is 5.91 Å². The van der Waals surface area contributed by atoms with Crippen LogP contribution in [-0.4, -0.2) is 43.6 Å². The molecule has 89 valence electrons. The summed E-state index contributed by atoms with van der Waals surface area (Å²) >= 11 is 0. The minimum absolute atomic E-state index is 0.0650. The van der Waals surface area contributed by atoms with Crippen LogP contribution in [0.2, 0.25) is 0 Å². The fourth-order valence-corrected chi connectivity index (χ4v) is 2.40. The Balaban J connectivity index is 4.38. The number of hydrogen-bond acceptors (Lipinski definition) is 2. The molecule has 0 rings (SSSR count). The van der Waals surface area contributed by atoms with Gasteiger partial charge in [-0.3, -0.25) is 4.79 Å². The number of amides is 1. The Hall–Kier alpha value is -0.340. The Bertz CT molecular complexity index is 247. The molecule has 0 bridgehead atoms. The summed E-state index contributed by atoms with van der Waals surface area (Å²) in [7, 11) is -2.28. The maximum absolute atomic E-state index is 11.7. The second-order valence-corrected chi connectivity index (χ2v) is 8.11. The lowest BCUT2D eigenvalue weighted by atomic mass is 10.1. The molecule has 0 unspecified atom stereocenters. The van der Waals surface area contributed by atoms with E-state index in [2.05, 4.69) is 0 Å². The quantitative estimate of drug-likeness (QED) is 0.659. The highest BCUT2D eigenvalue weighted by Gasteiger charge is 2.19. The predicted molar refractivity (Wildman–Crippen MR) is 61.0 cm³/mol. The first-order valence-corrected chi connectivity index (χ1v) is 7.95. The summed E-state index contributed by atoms with van der Waals surface area (Å²) in [6.45, 7) is 7.00. The van der Waals surface area contributed by atoms with Crippen LogP contribution < -0.4 is 0 Å². The SMILES string of the molecule is CC(C)CC(=O)N(CC[O])CP(C)(C)=O. The third-order valence-corrected chi connectivity index (χ3v) is 2.83. The van der Waals surface area contributed by atoms with Gasteiger partial charge >= 0.3 is 0 Å². The van der Waals surface area contributed by atoms with Crippen LogP contribution in [-0.2, 0) is 14.5 Å². The summed E-state index contributed by atoms with van der Waals surface area (Å²) in [5.41, 5.74) is 0. The van der Waals surface area contributed by atoms with E-state index in [0.717, 1.165) is 0 Å². The van der Waals surface area contributed by atoms with Crippen LogP contribution in [0.5, 0.6) is 0 Å². The van der Waals surface area contributed by atoms with Crippen molar-refractivity contribution in [2.24, 2.45) is 5.92 Å². The zero-order chi connectivity index (χ0) is 12.1. The van der Waals surface area contributed by atoms with Crippen molar-refractivity contribution in [2.75, 3.05) is 32.8 Å². The van der Waals surface area contributed by atoms with Gasteiger partial charge in [-0.2, -0.15) is 0 Å². The topological polar surface area (TPSA) is 57.3 Å². The maximum Gasteiger partial charge on any atom is 0.223 e. The molecule has 0 saturated carbocycles. The van der Waals surface area contributed by atoms with Gasteiger partial charge in [0, 0.05) is 13.0 Å². The lowest BCUT2D eigenvalue weighted by Crippen LogP contribution is -2.34. The predicted octanol–water partition coefficient (Wildman–Crippen LogP) is 1.87. The van der Waals surface area contributed by atoms with E-state index >= 15 is 0 Å². The third-order valence-electron chi connectivity index (χ3n) is 1.81. The molecular weight excluding hydrogens is 213 g/mol. The summed E-state index contributed by atoms with van der Waals surface area (Å²) in [4.78, 5) is 13.1. The standard InChI is InChI=1S/C10H21NO3P/c1-9(2)7-10(13)11(5-6-12)8-15(3,4)14/h9H,5-8H2,1-4H3. The van der Waals surface area contributed by atoms with Crippen LogP contribution in [0.4, 0.5) is 0 Å². The van der Waals surface area contributed by atoms with Crippen molar-refractivity contribution in [2.45, 2.75) is 20.3 Å². The summed E-state index contributed by atoms with van der Waals surface area (Å²) in [5, 5.41) is 10.5. The van der Waals surface area contributed by atoms with Crippen molar-refractivity contribution in [3.63, 3.8) is 0 Å². The zero-order valence-electron chi connectivity index (χ0n) is 10.0. The molecule has 0 aromatic rings. The van der Waals surface area contributed by atoms with Crippen molar-refractivity contribution < 1.29 is 14.5 Å². The summed E-state index contributed by atoms with van der Waals surface area (Å²) in [6, 6.07) is 0. The van der Waals surface area contributed by atoms with E-state index in [9.17, 15) is 14.5 Å². The van der Waals surface area contributed by atoms with Gasteiger partial charge in [0.15, 0.2) is 0 Å². The largest absolute Gasteiger partial charge is 0.333 e. The van der Waals surface area contributed by atoms with E-state index in [-0.39, 0.29) is 31.3 Å². The van der Waals surface area contributed by atoms with Crippen molar-refractivity contribution >= 4 is 13.0 Å². The van der Waals surface area contributed by atoms with Crippen LogP contribution in [0.25, 0.3) is 0 Å². The smallest absolute Gasteiger partial charge is 0.223 e. The maximum atomic E-state index is 11.7. The Labute approximate surface area is 92.0 Å².